The van der Waals surface area contributed by atoms with E-state index in [4.69, 9.17) is 28.5 Å². The summed E-state index contributed by atoms with van der Waals surface area (Å²) in [6.45, 7) is 0. The Balaban J connectivity index is 2.19. The van der Waals surface area contributed by atoms with Gasteiger partial charge in [-0.2, -0.15) is 5.26 Å². The largest absolute Gasteiger partial charge is 0.331 e. The van der Waals surface area contributed by atoms with Crippen molar-refractivity contribution in [1.82, 2.24) is 10.3 Å². The molecule has 0 bridgehead atoms. The summed E-state index contributed by atoms with van der Waals surface area (Å²) in [7, 11) is 0. The molecule has 1 N–H and O–H groups in total. The lowest BCUT2D eigenvalue weighted by Gasteiger charge is -2.11. The first-order chi connectivity index (χ1) is 9.11. The molecule has 19 heavy (non-hydrogen) atoms. The maximum Gasteiger partial charge on any atom is 0.272 e. The molecule has 0 aliphatic rings. The molecule has 96 valence electrons. The second-order valence-electron chi connectivity index (χ2n) is 3.58. The zero-order chi connectivity index (χ0) is 13.8. The molecule has 0 aliphatic heterocycles. The van der Waals surface area contributed by atoms with Crippen molar-refractivity contribution >= 4 is 40.4 Å². The SMILES string of the molecule is N#CC(NC(=O)c1cscn1)c1ccc(Cl)c(Cl)c1. The van der Waals surface area contributed by atoms with Crippen LogP contribution in [-0.4, -0.2) is 10.9 Å². The second kappa shape index (κ2) is 6.02. The predicted molar refractivity (Wildman–Crippen MR) is 74.4 cm³/mol. The van der Waals surface area contributed by atoms with Crippen LogP contribution in [-0.2, 0) is 0 Å². The van der Waals surface area contributed by atoms with Crippen LogP contribution in [0.25, 0.3) is 0 Å². The molecule has 0 radical (unpaired) electrons. The highest BCUT2D eigenvalue weighted by atomic mass is 35.5. The minimum atomic E-state index is -0.802. The third kappa shape index (κ3) is 3.24. The van der Waals surface area contributed by atoms with Gasteiger partial charge in [0.1, 0.15) is 11.7 Å². The lowest BCUT2D eigenvalue weighted by Crippen LogP contribution is -2.27. The Labute approximate surface area is 123 Å². The Morgan fingerprint density at radius 1 is 1.42 bits per heavy atom. The molecule has 0 saturated heterocycles. The highest BCUT2D eigenvalue weighted by molar-refractivity contribution is 7.07. The normalized spacial score (nSPS) is 11.6. The van der Waals surface area contributed by atoms with Crippen molar-refractivity contribution in [2.45, 2.75) is 6.04 Å². The number of benzene rings is 1. The smallest absolute Gasteiger partial charge is 0.272 e. The summed E-state index contributed by atoms with van der Waals surface area (Å²) in [6, 6.07) is 5.98. The fourth-order valence-corrected chi connectivity index (χ4v) is 2.25. The van der Waals surface area contributed by atoms with Crippen LogP contribution in [0.3, 0.4) is 0 Å². The van der Waals surface area contributed by atoms with Gasteiger partial charge in [-0.1, -0.05) is 29.3 Å². The zero-order valence-corrected chi connectivity index (χ0v) is 11.8. The van der Waals surface area contributed by atoms with Gasteiger partial charge in [0.15, 0.2) is 0 Å². The average Bonchev–Trinajstić information content (AvgIpc) is 2.93. The molecule has 1 atom stereocenters. The summed E-state index contributed by atoms with van der Waals surface area (Å²) in [5.41, 5.74) is 2.40. The molecule has 0 aliphatic carbocycles. The number of amides is 1. The maximum atomic E-state index is 11.8. The van der Waals surface area contributed by atoms with E-state index in [1.54, 1.807) is 29.1 Å². The molecule has 1 aromatic carbocycles. The molecular weight excluding hydrogens is 305 g/mol. The van der Waals surface area contributed by atoms with Gasteiger partial charge in [0.25, 0.3) is 5.91 Å². The first kappa shape index (κ1) is 13.8. The van der Waals surface area contributed by atoms with Crippen LogP contribution in [0, 0.1) is 11.3 Å². The highest BCUT2D eigenvalue weighted by Crippen LogP contribution is 2.25. The van der Waals surface area contributed by atoms with Gasteiger partial charge in [0, 0.05) is 5.38 Å². The highest BCUT2D eigenvalue weighted by Gasteiger charge is 2.17. The van der Waals surface area contributed by atoms with Crippen LogP contribution < -0.4 is 5.32 Å². The van der Waals surface area contributed by atoms with E-state index in [1.807, 2.05) is 6.07 Å². The van der Waals surface area contributed by atoms with Crippen molar-refractivity contribution in [2.24, 2.45) is 0 Å². The van der Waals surface area contributed by atoms with Crippen molar-refractivity contribution in [1.29, 1.82) is 5.26 Å². The summed E-state index contributed by atoms with van der Waals surface area (Å²) in [5, 5.41) is 14.0. The number of hydrogen-bond acceptors (Lipinski definition) is 4. The topological polar surface area (TPSA) is 65.8 Å². The molecule has 4 nitrogen and oxygen atoms in total. The monoisotopic (exact) mass is 311 g/mol. The number of carbonyl (C=O) groups is 1. The quantitative estimate of drug-likeness (QED) is 0.944. The van der Waals surface area contributed by atoms with E-state index in [0.717, 1.165) is 0 Å². The molecular formula is C12H7Cl2N3OS. The molecule has 0 fully saturated rings. The second-order valence-corrected chi connectivity index (χ2v) is 5.12. The third-order valence-corrected chi connectivity index (χ3v) is 3.67. The zero-order valence-electron chi connectivity index (χ0n) is 9.43. The molecule has 1 amide bonds. The van der Waals surface area contributed by atoms with E-state index in [1.165, 1.54) is 11.3 Å². The van der Waals surface area contributed by atoms with Crippen molar-refractivity contribution in [2.75, 3.05) is 0 Å². The average molecular weight is 312 g/mol. The van der Waals surface area contributed by atoms with Crippen molar-refractivity contribution in [3.8, 4) is 6.07 Å². The molecule has 1 aromatic heterocycles. The van der Waals surface area contributed by atoms with E-state index >= 15 is 0 Å². The maximum absolute atomic E-state index is 11.8. The van der Waals surface area contributed by atoms with Crippen LogP contribution in [0.15, 0.2) is 29.1 Å². The summed E-state index contributed by atoms with van der Waals surface area (Å²) < 4.78 is 0. The summed E-state index contributed by atoms with van der Waals surface area (Å²) in [5.74, 6) is -0.404. The standard InChI is InChI=1S/C12H7Cl2N3OS/c13-8-2-1-7(3-9(8)14)10(4-15)17-12(18)11-5-19-6-16-11/h1-3,5-6,10H,(H,17,18). The molecule has 7 heteroatoms. The Bertz CT molecular complexity index is 637. The van der Waals surface area contributed by atoms with Crippen LogP contribution in [0.4, 0.5) is 0 Å². The minimum Gasteiger partial charge on any atom is -0.331 e. The third-order valence-electron chi connectivity index (χ3n) is 2.35. The minimum absolute atomic E-state index is 0.283. The van der Waals surface area contributed by atoms with Crippen LogP contribution in [0.5, 0.6) is 0 Å². The van der Waals surface area contributed by atoms with Crippen LogP contribution >= 0.6 is 34.5 Å². The number of hydrogen-bond donors (Lipinski definition) is 1. The van der Waals surface area contributed by atoms with Gasteiger partial charge in [-0.3, -0.25) is 4.79 Å². The molecule has 2 rings (SSSR count). The number of aromatic nitrogens is 1. The predicted octanol–water partition coefficient (Wildman–Crippen LogP) is 3.44. The van der Waals surface area contributed by atoms with Gasteiger partial charge in [0.05, 0.1) is 21.6 Å². The Morgan fingerprint density at radius 2 is 2.21 bits per heavy atom. The van der Waals surface area contributed by atoms with Gasteiger partial charge >= 0.3 is 0 Å². The first-order valence-electron chi connectivity index (χ1n) is 5.15. The van der Waals surface area contributed by atoms with E-state index in [-0.39, 0.29) is 5.69 Å². The Hall–Kier alpha value is -1.61. The van der Waals surface area contributed by atoms with E-state index in [2.05, 4.69) is 10.3 Å². The number of halogens is 2. The number of thiazole rings is 1. The van der Waals surface area contributed by atoms with Crippen LogP contribution in [0.2, 0.25) is 10.0 Å². The molecule has 0 spiro atoms. The lowest BCUT2D eigenvalue weighted by atomic mass is 10.1. The van der Waals surface area contributed by atoms with Gasteiger partial charge < -0.3 is 5.32 Å². The lowest BCUT2D eigenvalue weighted by molar-refractivity contribution is 0.0941. The Kier molecular flexibility index (Phi) is 4.38. The van der Waals surface area contributed by atoms with Crippen molar-refractivity contribution < 1.29 is 4.79 Å². The summed E-state index contributed by atoms with van der Waals surface area (Å²) in [4.78, 5) is 15.7. The summed E-state index contributed by atoms with van der Waals surface area (Å²) >= 11 is 13.0. The Morgan fingerprint density at radius 3 is 2.79 bits per heavy atom. The molecule has 1 unspecified atom stereocenters. The number of nitrogens with zero attached hydrogens (tertiary/aromatic N) is 2. The van der Waals surface area contributed by atoms with E-state index in [9.17, 15) is 4.79 Å². The summed E-state index contributed by atoms with van der Waals surface area (Å²) in [6.07, 6.45) is 0. The fraction of sp³-hybridized carbons (Fsp3) is 0.0833. The van der Waals surface area contributed by atoms with Crippen molar-refractivity contribution in [3.05, 3.63) is 50.4 Å². The van der Waals surface area contributed by atoms with E-state index < -0.39 is 11.9 Å². The molecule has 1 heterocycles. The number of carbonyl (C=O) groups excluding carboxylic acids is 1. The number of nitrogens with one attached hydrogen (secondary N) is 1. The number of rotatable bonds is 3. The van der Waals surface area contributed by atoms with Gasteiger partial charge in [0.2, 0.25) is 0 Å². The van der Waals surface area contributed by atoms with Gasteiger partial charge in [-0.05, 0) is 17.7 Å². The first-order valence-corrected chi connectivity index (χ1v) is 6.85. The van der Waals surface area contributed by atoms with E-state index in [0.29, 0.717) is 15.6 Å². The fourth-order valence-electron chi connectivity index (χ4n) is 1.41. The van der Waals surface area contributed by atoms with Crippen molar-refractivity contribution in [3.63, 3.8) is 0 Å². The molecule has 2 aromatic rings. The van der Waals surface area contributed by atoms with Gasteiger partial charge in [-0.15, -0.1) is 11.3 Å². The molecule has 0 saturated carbocycles. The van der Waals surface area contributed by atoms with Gasteiger partial charge in [-0.25, -0.2) is 4.98 Å². The van der Waals surface area contributed by atoms with Crippen LogP contribution in [0.1, 0.15) is 22.1 Å². The number of nitriles is 1.